The number of para-hydroxylation sites is 1. The predicted molar refractivity (Wildman–Crippen MR) is 107 cm³/mol. The second-order valence-electron chi connectivity index (χ2n) is 6.01. The van der Waals surface area contributed by atoms with Crippen molar-refractivity contribution in [1.82, 2.24) is 20.8 Å². The first-order valence-electron chi connectivity index (χ1n) is 8.89. The zero-order valence-electron chi connectivity index (χ0n) is 16.4. The van der Waals surface area contributed by atoms with Crippen LogP contribution in [0.15, 0.2) is 36.4 Å². The van der Waals surface area contributed by atoms with Gasteiger partial charge in [0.2, 0.25) is 5.75 Å². The van der Waals surface area contributed by atoms with Crippen LogP contribution in [0.1, 0.15) is 20.8 Å². The van der Waals surface area contributed by atoms with E-state index in [0.717, 1.165) is 10.9 Å². The third-order valence-electron chi connectivity index (χ3n) is 4.33. The van der Waals surface area contributed by atoms with E-state index in [-0.39, 0.29) is 30.7 Å². The number of methoxy groups -OCH3 is 3. The summed E-state index contributed by atoms with van der Waals surface area (Å²) in [5, 5.41) is 13.1. The van der Waals surface area contributed by atoms with E-state index in [1.807, 2.05) is 24.3 Å². The van der Waals surface area contributed by atoms with Crippen LogP contribution in [0, 0.1) is 0 Å². The number of rotatable bonds is 8. The summed E-state index contributed by atoms with van der Waals surface area (Å²) in [5.41, 5.74) is 1.40. The molecule has 29 heavy (non-hydrogen) atoms. The average molecular weight is 398 g/mol. The number of nitrogens with zero attached hydrogens (tertiary/aromatic N) is 1. The van der Waals surface area contributed by atoms with Crippen LogP contribution in [0.4, 0.5) is 0 Å². The highest BCUT2D eigenvalue weighted by Gasteiger charge is 2.20. The summed E-state index contributed by atoms with van der Waals surface area (Å²) < 4.78 is 15.8. The lowest BCUT2D eigenvalue weighted by Gasteiger charge is -2.15. The molecule has 0 radical (unpaired) electrons. The zero-order chi connectivity index (χ0) is 20.8. The Morgan fingerprint density at radius 2 is 1.59 bits per heavy atom. The molecule has 0 saturated carbocycles. The van der Waals surface area contributed by atoms with Crippen LogP contribution < -0.4 is 24.8 Å². The smallest absolute Gasteiger partial charge is 0.272 e. The summed E-state index contributed by atoms with van der Waals surface area (Å²) in [6.45, 7) is 0.464. The third kappa shape index (κ3) is 4.08. The Morgan fingerprint density at radius 3 is 2.28 bits per heavy atom. The zero-order valence-corrected chi connectivity index (χ0v) is 16.4. The molecule has 1 heterocycles. The number of amides is 2. The molecule has 3 rings (SSSR count). The molecule has 152 valence electrons. The van der Waals surface area contributed by atoms with Crippen molar-refractivity contribution in [3.05, 3.63) is 47.7 Å². The molecule has 0 atom stereocenters. The van der Waals surface area contributed by atoms with Gasteiger partial charge in [-0.25, -0.2) is 0 Å². The Morgan fingerprint density at radius 1 is 0.897 bits per heavy atom. The van der Waals surface area contributed by atoms with Crippen molar-refractivity contribution in [2.75, 3.05) is 34.4 Å². The first kappa shape index (κ1) is 20.0. The SMILES string of the molecule is COc1ccc(C(=O)NCCNC(=O)c2n[nH]c3ccccc23)c(OC)c1OC. The van der Waals surface area contributed by atoms with Crippen LogP contribution in [-0.4, -0.2) is 56.4 Å². The molecular formula is C20H22N4O5. The van der Waals surface area contributed by atoms with Crippen molar-refractivity contribution in [1.29, 1.82) is 0 Å². The summed E-state index contributed by atoms with van der Waals surface area (Å²) in [5.74, 6) is 0.389. The fourth-order valence-electron chi connectivity index (χ4n) is 2.95. The number of nitrogens with one attached hydrogen (secondary N) is 3. The molecule has 0 bridgehead atoms. The van der Waals surface area contributed by atoms with E-state index in [2.05, 4.69) is 20.8 Å². The minimum absolute atomic E-state index is 0.227. The minimum atomic E-state index is -0.359. The molecule has 9 heteroatoms. The van der Waals surface area contributed by atoms with Gasteiger partial charge in [-0.15, -0.1) is 0 Å². The maximum absolute atomic E-state index is 12.5. The highest BCUT2D eigenvalue weighted by atomic mass is 16.5. The van der Waals surface area contributed by atoms with Gasteiger partial charge in [0.25, 0.3) is 11.8 Å². The van der Waals surface area contributed by atoms with Crippen molar-refractivity contribution in [2.24, 2.45) is 0 Å². The first-order chi connectivity index (χ1) is 14.1. The fourth-order valence-corrected chi connectivity index (χ4v) is 2.95. The lowest BCUT2D eigenvalue weighted by molar-refractivity contribution is 0.0924. The van der Waals surface area contributed by atoms with Crippen molar-refractivity contribution in [2.45, 2.75) is 0 Å². The first-order valence-corrected chi connectivity index (χ1v) is 8.89. The van der Waals surface area contributed by atoms with Crippen molar-refractivity contribution < 1.29 is 23.8 Å². The fraction of sp³-hybridized carbons (Fsp3) is 0.250. The molecule has 0 saturated heterocycles. The number of fused-ring (bicyclic) bond motifs is 1. The van der Waals surface area contributed by atoms with Gasteiger partial charge in [0, 0.05) is 18.5 Å². The maximum atomic E-state index is 12.5. The van der Waals surface area contributed by atoms with E-state index in [4.69, 9.17) is 14.2 Å². The summed E-state index contributed by atoms with van der Waals surface area (Å²) in [6, 6.07) is 10.6. The Bertz CT molecular complexity index is 1030. The van der Waals surface area contributed by atoms with Crippen molar-refractivity contribution in [3.8, 4) is 17.2 Å². The maximum Gasteiger partial charge on any atom is 0.272 e. The number of H-pyrrole nitrogens is 1. The molecule has 3 aromatic rings. The Labute approximate surface area is 167 Å². The average Bonchev–Trinajstić information content (AvgIpc) is 3.19. The quantitative estimate of drug-likeness (QED) is 0.498. The van der Waals surface area contributed by atoms with Crippen LogP contribution in [0.3, 0.4) is 0 Å². The molecule has 0 unspecified atom stereocenters. The summed E-state index contributed by atoms with van der Waals surface area (Å²) in [4.78, 5) is 24.9. The van der Waals surface area contributed by atoms with Crippen LogP contribution in [0.2, 0.25) is 0 Å². The van der Waals surface area contributed by atoms with Gasteiger partial charge in [0.15, 0.2) is 17.2 Å². The summed E-state index contributed by atoms with van der Waals surface area (Å²) in [6.07, 6.45) is 0. The lowest BCUT2D eigenvalue weighted by Crippen LogP contribution is -2.35. The van der Waals surface area contributed by atoms with E-state index in [0.29, 0.717) is 22.8 Å². The predicted octanol–water partition coefficient (Wildman–Crippen LogP) is 1.75. The number of hydrogen-bond acceptors (Lipinski definition) is 6. The van der Waals surface area contributed by atoms with Gasteiger partial charge in [-0.05, 0) is 18.2 Å². The van der Waals surface area contributed by atoms with E-state index in [9.17, 15) is 9.59 Å². The topological polar surface area (TPSA) is 115 Å². The van der Waals surface area contributed by atoms with Crippen LogP contribution in [0.25, 0.3) is 10.9 Å². The Balaban J connectivity index is 1.59. The van der Waals surface area contributed by atoms with Gasteiger partial charge in [0.05, 0.1) is 32.4 Å². The molecular weight excluding hydrogens is 376 g/mol. The molecule has 9 nitrogen and oxygen atoms in total. The van der Waals surface area contributed by atoms with Crippen LogP contribution in [-0.2, 0) is 0 Å². The van der Waals surface area contributed by atoms with E-state index in [1.165, 1.54) is 21.3 Å². The van der Waals surface area contributed by atoms with Gasteiger partial charge in [-0.2, -0.15) is 5.10 Å². The van der Waals surface area contributed by atoms with Gasteiger partial charge >= 0.3 is 0 Å². The second kappa shape index (κ2) is 8.96. The van der Waals surface area contributed by atoms with Crippen molar-refractivity contribution in [3.63, 3.8) is 0 Å². The normalized spacial score (nSPS) is 10.4. The highest BCUT2D eigenvalue weighted by Crippen LogP contribution is 2.39. The number of aromatic amines is 1. The van der Waals surface area contributed by atoms with Crippen LogP contribution in [0.5, 0.6) is 17.2 Å². The number of ether oxygens (including phenoxy) is 3. The molecule has 0 aliphatic carbocycles. The molecule has 0 aliphatic heterocycles. The third-order valence-corrected chi connectivity index (χ3v) is 4.33. The molecule has 0 fully saturated rings. The van der Waals surface area contributed by atoms with Crippen LogP contribution >= 0.6 is 0 Å². The molecule has 3 N–H and O–H groups in total. The molecule has 1 aromatic heterocycles. The molecule has 0 aliphatic rings. The second-order valence-corrected chi connectivity index (χ2v) is 6.01. The molecule has 2 amide bonds. The summed E-state index contributed by atoms with van der Waals surface area (Å²) >= 11 is 0. The van der Waals surface area contributed by atoms with Gasteiger partial charge < -0.3 is 24.8 Å². The van der Waals surface area contributed by atoms with Crippen molar-refractivity contribution >= 4 is 22.7 Å². The largest absolute Gasteiger partial charge is 0.493 e. The van der Waals surface area contributed by atoms with Gasteiger partial charge in [0.1, 0.15) is 0 Å². The van der Waals surface area contributed by atoms with Gasteiger partial charge in [-0.3, -0.25) is 14.7 Å². The lowest BCUT2D eigenvalue weighted by atomic mass is 10.1. The number of carbonyl (C=O) groups excluding carboxylic acids is 2. The number of hydrogen-bond donors (Lipinski definition) is 3. The monoisotopic (exact) mass is 398 g/mol. The van der Waals surface area contributed by atoms with E-state index < -0.39 is 0 Å². The van der Waals surface area contributed by atoms with Gasteiger partial charge in [-0.1, -0.05) is 18.2 Å². The summed E-state index contributed by atoms with van der Waals surface area (Å²) in [7, 11) is 4.42. The number of benzene rings is 2. The highest BCUT2D eigenvalue weighted by molar-refractivity contribution is 6.04. The minimum Gasteiger partial charge on any atom is -0.493 e. The number of carbonyl (C=O) groups is 2. The van der Waals surface area contributed by atoms with E-state index in [1.54, 1.807) is 12.1 Å². The Hall–Kier alpha value is -3.75. The standard InChI is InChI=1S/C20H22N4O5/c1-27-15-9-8-13(17(28-2)18(15)29-3)19(25)21-10-11-22-20(26)16-12-6-4-5-7-14(12)23-24-16/h4-9H,10-11H2,1-3H3,(H,21,25)(H,22,26)(H,23,24). The van der Waals surface area contributed by atoms with E-state index >= 15 is 0 Å². The number of aromatic nitrogens is 2. The Kier molecular flexibility index (Phi) is 6.18. The molecule has 2 aromatic carbocycles. The molecule has 0 spiro atoms.